The summed E-state index contributed by atoms with van der Waals surface area (Å²) >= 11 is 0. The fraction of sp³-hybridized carbons (Fsp3) is 0.571. The van der Waals surface area contributed by atoms with E-state index < -0.39 is 24.0 Å². The second-order valence-electron chi connectivity index (χ2n) is 5.97. The minimum absolute atomic E-state index is 0.409. The Labute approximate surface area is 113 Å². The van der Waals surface area contributed by atoms with E-state index in [9.17, 15) is 4.39 Å². The average molecular weight is 266 g/mol. The van der Waals surface area contributed by atoms with E-state index in [1.54, 1.807) is 19.1 Å². The highest BCUT2D eigenvalue weighted by molar-refractivity contribution is 6.55. The largest absolute Gasteiger partial charge is 0.525 e. The highest BCUT2D eigenvalue weighted by atomic mass is 19.1. The van der Waals surface area contributed by atoms with Crippen LogP contribution in [0.5, 0.6) is 0 Å². The summed E-state index contributed by atoms with van der Waals surface area (Å²) in [5.41, 5.74) is -1.12. The van der Waals surface area contributed by atoms with Gasteiger partial charge in [0.1, 0.15) is 17.2 Å². The lowest BCUT2D eigenvalue weighted by atomic mass is 9.84. The summed E-state index contributed by atoms with van der Waals surface area (Å²) in [5, 5.41) is 0. The molecular weight excluding hydrogens is 246 g/mol. The quantitative estimate of drug-likeness (QED) is 0.760. The van der Waals surface area contributed by atoms with Gasteiger partial charge in [-0.05, 0) is 53.7 Å². The minimum Gasteiger partial charge on any atom is -0.462 e. The molecule has 0 unspecified atom stereocenters. The van der Waals surface area contributed by atoms with E-state index >= 15 is 0 Å². The first kappa shape index (κ1) is 14.3. The van der Waals surface area contributed by atoms with Crippen molar-refractivity contribution in [2.45, 2.75) is 52.7 Å². The van der Waals surface area contributed by atoms with Gasteiger partial charge in [0.05, 0.1) is 11.2 Å². The van der Waals surface area contributed by atoms with Crippen LogP contribution in [0.3, 0.4) is 0 Å². The molecule has 1 aliphatic heterocycles. The summed E-state index contributed by atoms with van der Waals surface area (Å²) in [5.74, 6) is 1.25. The molecule has 1 aliphatic rings. The maximum absolute atomic E-state index is 14.5. The van der Waals surface area contributed by atoms with E-state index in [1.807, 2.05) is 34.6 Å². The molecule has 0 atom stereocenters. The van der Waals surface area contributed by atoms with Crippen molar-refractivity contribution in [3.63, 3.8) is 0 Å². The number of allylic oxidation sites excluding steroid dienone is 1. The molecule has 19 heavy (non-hydrogen) atoms. The van der Waals surface area contributed by atoms with E-state index in [-0.39, 0.29) is 0 Å². The van der Waals surface area contributed by atoms with Gasteiger partial charge >= 0.3 is 7.12 Å². The van der Waals surface area contributed by atoms with Crippen LogP contribution in [-0.4, -0.2) is 18.3 Å². The molecule has 104 valence electrons. The van der Waals surface area contributed by atoms with Crippen LogP contribution in [0.4, 0.5) is 4.39 Å². The van der Waals surface area contributed by atoms with Crippen molar-refractivity contribution in [2.75, 3.05) is 0 Å². The second-order valence-corrected chi connectivity index (χ2v) is 5.97. The van der Waals surface area contributed by atoms with Gasteiger partial charge in [0.15, 0.2) is 0 Å². The summed E-state index contributed by atoms with van der Waals surface area (Å²) in [4.78, 5) is 0. The van der Waals surface area contributed by atoms with Gasteiger partial charge in [0.2, 0.25) is 0 Å². The van der Waals surface area contributed by atoms with Gasteiger partial charge in [-0.15, -0.1) is 0 Å². The van der Waals surface area contributed by atoms with Crippen LogP contribution in [0, 0.1) is 6.92 Å². The number of rotatable bonds is 2. The van der Waals surface area contributed by atoms with Gasteiger partial charge in [-0.3, -0.25) is 0 Å². The Morgan fingerprint density at radius 1 is 1.11 bits per heavy atom. The molecule has 0 amide bonds. The first-order valence-electron chi connectivity index (χ1n) is 6.43. The Bertz CT molecular complexity index is 501. The van der Waals surface area contributed by atoms with Gasteiger partial charge in [0.25, 0.3) is 0 Å². The van der Waals surface area contributed by atoms with Gasteiger partial charge in [0, 0.05) is 5.57 Å². The number of halogens is 1. The number of aryl methyl sites for hydroxylation is 1. The molecule has 0 bridgehead atoms. The van der Waals surface area contributed by atoms with E-state index in [1.165, 1.54) is 0 Å². The van der Waals surface area contributed by atoms with Crippen LogP contribution >= 0.6 is 0 Å². The summed E-state index contributed by atoms with van der Waals surface area (Å²) in [6, 6.07) is 3.55. The van der Waals surface area contributed by atoms with Crippen LogP contribution < -0.4 is 0 Å². The third kappa shape index (κ3) is 2.49. The molecule has 0 N–H and O–H groups in total. The van der Waals surface area contributed by atoms with Crippen molar-refractivity contribution in [3.05, 3.63) is 29.4 Å². The predicted molar refractivity (Wildman–Crippen MR) is 73.2 cm³/mol. The lowest BCUT2D eigenvalue weighted by molar-refractivity contribution is 0.00578. The first-order chi connectivity index (χ1) is 8.64. The van der Waals surface area contributed by atoms with Crippen molar-refractivity contribution in [3.8, 4) is 0 Å². The molecule has 2 rings (SSSR count). The minimum atomic E-state index is -0.976. The predicted octanol–water partition coefficient (Wildman–Crippen LogP) is 3.92. The Balaban J connectivity index is 2.28. The second kappa shape index (κ2) is 4.49. The molecule has 0 saturated carbocycles. The third-order valence-electron chi connectivity index (χ3n) is 3.93. The maximum atomic E-state index is 14.5. The summed E-state index contributed by atoms with van der Waals surface area (Å²) in [7, 11) is -0.976. The molecule has 0 aromatic carbocycles. The zero-order valence-electron chi connectivity index (χ0n) is 12.3. The van der Waals surface area contributed by atoms with Crippen LogP contribution in [0.25, 0.3) is 5.57 Å². The van der Waals surface area contributed by atoms with Crippen LogP contribution in [0.2, 0.25) is 0 Å². The van der Waals surface area contributed by atoms with Gasteiger partial charge < -0.3 is 13.7 Å². The van der Waals surface area contributed by atoms with Crippen LogP contribution in [0.1, 0.15) is 46.1 Å². The lowest BCUT2D eigenvalue weighted by Crippen LogP contribution is -2.41. The van der Waals surface area contributed by atoms with E-state index in [4.69, 9.17) is 13.7 Å². The Morgan fingerprint density at radius 2 is 1.63 bits per heavy atom. The molecule has 3 nitrogen and oxygen atoms in total. The van der Waals surface area contributed by atoms with Crippen molar-refractivity contribution in [1.29, 1.82) is 0 Å². The van der Waals surface area contributed by atoms with Crippen LogP contribution in [0.15, 0.2) is 22.3 Å². The molecule has 0 radical (unpaired) electrons. The summed E-state index contributed by atoms with van der Waals surface area (Å²) < 4.78 is 31.2. The number of furan rings is 1. The highest BCUT2D eigenvalue weighted by Gasteiger charge is 2.53. The smallest absolute Gasteiger partial charge is 0.462 e. The number of hydrogen-bond acceptors (Lipinski definition) is 3. The number of hydrogen-bond donors (Lipinski definition) is 0. The topological polar surface area (TPSA) is 31.6 Å². The Hall–Kier alpha value is -1.07. The lowest BCUT2D eigenvalue weighted by Gasteiger charge is -2.32. The highest BCUT2D eigenvalue weighted by Crippen LogP contribution is 2.40. The fourth-order valence-corrected chi connectivity index (χ4v) is 1.88. The van der Waals surface area contributed by atoms with E-state index in [2.05, 4.69) is 0 Å². The fourth-order valence-electron chi connectivity index (χ4n) is 1.88. The molecule has 1 aromatic heterocycles. The van der Waals surface area contributed by atoms with E-state index in [0.29, 0.717) is 11.3 Å². The van der Waals surface area contributed by atoms with Crippen molar-refractivity contribution >= 4 is 12.7 Å². The molecule has 1 aromatic rings. The van der Waals surface area contributed by atoms with Crippen molar-refractivity contribution in [1.82, 2.24) is 0 Å². The van der Waals surface area contributed by atoms with Gasteiger partial charge in [-0.25, -0.2) is 4.39 Å². The molecule has 2 heterocycles. The van der Waals surface area contributed by atoms with Crippen LogP contribution in [-0.2, 0) is 9.31 Å². The SMILES string of the molecule is CC(=C(F)B1OC(C)(C)C(C)(C)O1)c1ccc(C)o1. The summed E-state index contributed by atoms with van der Waals surface area (Å²) in [6.07, 6.45) is 0. The molecule has 0 spiro atoms. The molecule has 1 fully saturated rings. The molecule has 1 saturated heterocycles. The van der Waals surface area contributed by atoms with Gasteiger partial charge in [-0.2, -0.15) is 0 Å². The normalized spacial score (nSPS) is 22.6. The summed E-state index contributed by atoms with van der Waals surface area (Å²) in [6.45, 7) is 11.1. The Morgan fingerprint density at radius 3 is 2.05 bits per heavy atom. The van der Waals surface area contributed by atoms with Crippen molar-refractivity contribution in [2.24, 2.45) is 0 Å². The molecule has 5 heteroatoms. The average Bonchev–Trinajstić information content (AvgIpc) is 2.79. The maximum Gasteiger partial charge on any atom is 0.525 e. The van der Waals surface area contributed by atoms with Gasteiger partial charge in [-0.1, -0.05) is 0 Å². The van der Waals surface area contributed by atoms with E-state index in [0.717, 1.165) is 5.76 Å². The molecular formula is C14H20BFO3. The zero-order valence-corrected chi connectivity index (χ0v) is 12.3. The zero-order chi connectivity index (χ0) is 14.4. The third-order valence-corrected chi connectivity index (χ3v) is 3.93. The molecule has 0 aliphatic carbocycles. The van der Waals surface area contributed by atoms with Crippen molar-refractivity contribution < 1.29 is 18.1 Å². The first-order valence-corrected chi connectivity index (χ1v) is 6.43. The Kier molecular flexibility index (Phi) is 3.39. The monoisotopic (exact) mass is 266 g/mol. The standard InChI is InChI=1S/C14H20BFO3/c1-9-7-8-11(17-9)10(2)12(16)15-18-13(3,4)14(5,6)19-15/h7-8H,1-6H3.